The predicted molar refractivity (Wildman–Crippen MR) is 101 cm³/mol. The first-order valence-electron chi connectivity index (χ1n) is 9.17. The van der Waals surface area contributed by atoms with Crippen LogP contribution in [0.5, 0.6) is 11.5 Å². The Morgan fingerprint density at radius 3 is 2.93 bits per heavy atom. The van der Waals surface area contributed by atoms with Crippen LogP contribution >= 0.6 is 11.3 Å². The van der Waals surface area contributed by atoms with Gasteiger partial charge >= 0.3 is 0 Å². The van der Waals surface area contributed by atoms with Gasteiger partial charge in [-0.3, -0.25) is 9.59 Å². The lowest BCUT2D eigenvalue weighted by atomic mass is 10.1. The fourth-order valence-electron chi connectivity index (χ4n) is 3.78. The maximum absolute atomic E-state index is 12.6. The van der Waals surface area contributed by atoms with E-state index in [0.717, 1.165) is 30.6 Å². The van der Waals surface area contributed by atoms with Gasteiger partial charge in [-0.05, 0) is 31.4 Å². The highest BCUT2D eigenvalue weighted by Gasteiger charge is 2.36. The fourth-order valence-corrected chi connectivity index (χ4v) is 4.84. The number of ether oxygens (including phenoxy) is 2. The number of hydrogen-bond acceptors (Lipinski definition) is 6. The zero-order chi connectivity index (χ0) is 18.4. The van der Waals surface area contributed by atoms with Crippen molar-refractivity contribution in [3.05, 3.63) is 28.8 Å². The first-order valence-corrected chi connectivity index (χ1v) is 9.98. The van der Waals surface area contributed by atoms with Crippen molar-refractivity contribution in [3.63, 3.8) is 0 Å². The first kappa shape index (κ1) is 16.6. The van der Waals surface area contributed by atoms with Gasteiger partial charge in [-0.1, -0.05) is 0 Å². The summed E-state index contributed by atoms with van der Waals surface area (Å²) in [4.78, 5) is 32.5. The lowest BCUT2D eigenvalue weighted by Gasteiger charge is -2.22. The number of nitrogens with one attached hydrogen (secondary N) is 1. The molecule has 3 aliphatic rings. The zero-order valence-corrected chi connectivity index (χ0v) is 15.5. The molecule has 2 aromatic rings. The molecule has 0 spiro atoms. The summed E-state index contributed by atoms with van der Waals surface area (Å²) in [6.45, 7) is 1.38. The average molecular weight is 385 g/mol. The molecule has 0 bridgehead atoms. The van der Waals surface area contributed by atoms with E-state index < -0.39 is 0 Å². The van der Waals surface area contributed by atoms with Crippen LogP contribution in [0.25, 0.3) is 0 Å². The van der Waals surface area contributed by atoms with Crippen molar-refractivity contribution in [2.45, 2.75) is 25.7 Å². The minimum Gasteiger partial charge on any atom is -0.486 e. The predicted octanol–water partition coefficient (Wildman–Crippen LogP) is 2.39. The molecule has 7 nitrogen and oxygen atoms in total. The van der Waals surface area contributed by atoms with Gasteiger partial charge in [0, 0.05) is 29.6 Å². The summed E-state index contributed by atoms with van der Waals surface area (Å²) in [5, 5.41) is 3.55. The molecule has 2 aliphatic heterocycles. The number of aromatic nitrogens is 1. The highest BCUT2D eigenvalue weighted by atomic mass is 32.1. The fraction of sp³-hybridized carbons (Fsp3) is 0.421. The van der Waals surface area contributed by atoms with Crippen LogP contribution in [-0.2, 0) is 22.4 Å². The maximum atomic E-state index is 12.6. The number of amides is 2. The number of rotatable bonds is 3. The Morgan fingerprint density at radius 1 is 1.22 bits per heavy atom. The number of benzene rings is 1. The Kier molecular flexibility index (Phi) is 4.00. The molecule has 140 valence electrons. The quantitative estimate of drug-likeness (QED) is 0.878. The van der Waals surface area contributed by atoms with E-state index in [2.05, 4.69) is 10.3 Å². The third kappa shape index (κ3) is 3.03. The number of nitrogens with zero attached hydrogens (tertiary/aromatic N) is 2. The Bertz CT molecular complexity index is 904. The Labute approximate surface area is 160 Å². The lowest BCUT2D eigenvalue weighted by molar-refractivity contribution is -0.122. The number of thiazole rings is 1. The molecule has 0 unspecified atom stereocenters. The van der Waals surface area contributed by atoms with Crippen molar-refractivity contribution in [2.75, 3.05) is 30.0 Å². The van der Waals surface area contributed by atoms with E-state index in [-0.39, 0.29) is 24.2 Å². The number of carbonyl (C=O) groups excluding carboxylic acids is 2. The summed E-state index contributed by atoms with van der Waals surface area (Å²) in [5.41, 5.74) is 1.84. The van der Waals surface area contributed by atoms with E-state index in [1.807, 2.05) is 12.1 Å². The third-order valence-corrected chi connectivity index (χ3v) is 6.23. The molecule has 5 rings (SSSR count). The molecule has 1 saturated heterocycles. The topological polar surface area (TPSA) is 80.8 Å². The van der Waals surface area contributed by atoms with Crippen LogP contribution in [-0.4, -0.2) is 36.6 Å². The van der Waals surface area contributed by atoms with Gasteiger partial charge in [-0.25, -0.2) is 4.98 Å². The molecule has 1 fully saturated rings. The maximum Gasteiger partial charge on any atom is 0.231 e. The molecule has 8 heteroatoms. The number of fused-ring (bicyclic) bond motifs is 2. The van der Waals surface area contributed by atoms with Gasteiger partial charge in [0.25, 0.3) is 0 Å². The molecule has 1 aromatic heterocycles. The second-order valence-corrected chi connectivity index (χ2v) is 8.05. The summed E-state index contributed by atoms with van der Waals surface area (Å²) < 4.78 is 11.1. The number of hydrogen-bond donors (Lipinski definition) is 1. The van der Waals surface area contributed by atoms with E-state index in [9.17, 15) is 9.59 Å². The summed E-state index contributed by atoms with van der Waals surface area (Å²) in [7, 11) is 0. The monoisotopic (exact) mass is 385 g/mol. The van der Waals surface area contributed by atoms with Crippen molar-refractivity contribution in [1.29, 1.82) is 0 Å². The number of anilines is 2. The summed E-state index contributed by atoms with van der Waals surface area (Å²) in [5.74, 6) is 0.730. The molecule has 27 heavy (non-hydrogen) atoms. The third-order valence-electron chi connectivity index (χ3n) is 5.16. The van der Waals surface area contributed by atoms with Gasteiger partial charge in [0.05, 0.1) is 11.6 Å². The summed E-state index contributed by atoms with van der Waals surface area (Å²) in [6.07, 6.45) is 3.37. The van der Waals surface area contributed by atoms with Crippen LogP contribution in [0.1, 0.15) is 23.4 Å². The lowest BCUT2D eigenvalue weighted by Crippen LogP contribution is -2.28. The van der Waals surface area contributed by atoms with Gasteiger partial charge in [-0.15, -0.1) is 11.3 Å². The van der Waals surface area contributed by atoms with Gasteiger partial charge < -0.3 is 19.7 Å². The summed E-state index contributed by atoms with van der Waals surface area (Å²) >= 11 is 1.55. The number of aryl methyl sites for hydroxylation is 2. The van der Waals surface area contributed by atoms with E-state index in [1.54, 1.807) is 22.3 Å². The molecule has 1 aliphatic carbocycles. The molecule has 1 N–H and O–H groups in total. The normalized spacial score (nSPS) is 20.7. The van der Waals surface area contributed by atoms with E-state index in [1.165, 1.54) is 4.88 Å². The van der Waals surface area contributed by atoms with Gasteiger partial charge in [0.15, 0.2) is 16.6 Å². The van der Waals surface area contributed by atoms with Gasteiger partial charge in [0.2, 0.25) is 11.8 Å². The molecular weight excluding hydrogens is 366 g/mol. The van der Waals surface area contributed by atoms with Crippen LogP contribution < -0.4 is 19.7 Å². The van der Waals surface area contributed by atoms with Crippen molar-refractivity contribution in [2.24, 2.45) is 5.92 Å². The van der Waals surface area contributed by atoms with Crippen LogP contribution in [0.4, 0.5) is 10.8 Å². The van der Waals surface area contributed by atoms with Crippen molar-refractivity contribution < 1.29 is 19.1 Å². The first-order chi connectivity index (χ1) is 13.2. The summed E-state index contributed by atoms with van der Waals surface area (Å²) in [6, 6.07) is 5.44. The largest absolute Gasteiger partial charge is 0.486 e. The van der Waals surface area contributed by atoms with E-state index in [4.69, 9.17) is 9.47 Å². The van der Waals surface area contributed by atoms with Crippen LogP contribution in [0.2, 0.25) is 0 Å². The minimum absolute atomic E-state index is 0.0616. The second-order valence-electron chi connectivity index (χ2n) is 6.97. The molecule has 2 amide bonds. The smallest absolute Gasteiger partial charge is 0.231 e. The molecule has 3 heterocycles. The van der Waals surface area contributed by atoms with E-state index in [0.29, 0.717) is 36.4 Å². The van der Waals surface area contributed by atoms with E-state index >= 15 is 0 Å². The van der Waals surface area contributed by atoms with Crippen LogP contribution in [0, 0.1) is 5.92 Å². The average Bonchev–Trinajstić information content (AvgIpc) is 3.36. The SMILES string of the molecule is O=C(Nc1nc2c(s1)CCC2)[C@@H]1CC(=O)N(c2ccc3c(c2)OCCO3)C1. The van der Waals surface area contributed by atoms with Gasteiger partial charge in [0.1, 0.15) is 13.2 Å². The highest BCUT2D eigenvalue weighted by Crippen LogP contribution is 2.36. The van der Waals surface area contributed by atoms with Crippen molar-refractivity contribution >= 4 is 34.0 Å². The Balaban J connectivity index is 1.29. The Morgan fingerprint density at radius 2 is 2.07 bits per heavy atom. The molecule has 1 atom stereocenters. The van der Waals surface area contributed by atoms with Crippen molar-refractivity contribution in [1.82, 2.24) is 4.98 Å². The molecule has 1 aromatic carbocycles. The zero-order valence-electron chi connectivity index (χ0n) is 14.7. The standard InChI is InChI=1S/C19H19N3O4S/c23-17-8-11(18(24)21-19-20-13-2-1-3-16(13)27-19)10-22(17)12-4-5-14-15(9-12)26-7-6-25-14/h4-5,9,11H,1-3,6-8,10H2,(H,20,21,24)/t11-/m1/s1. The highest BCUT2D eigenvalue weighted by molar-refractivity contribution is 7.15. The van der Waals surface area contributed by atoms with Crippen molar-refractivity contribution in [3.8, 4) is 11.5 Å². The van der Waals surface area contributed by atoms with Gasteiger partial charge in [-0.2, -0.15) is 0 Å². The molecular formula is C19H19N3O4S. The molecule has 0 radical (unpaired) electrons. The Hall–Kier alpha value is -2.61. The van der Waals surface area contributed by atoms with Crippen LogP contribution in [0.15, 0.2) is 18.2 Å². The second kappa shape index (κ2) is 6.53. The van der Waals surface area contributed by atoms with Crippen LogP contribution in [0.3, 0.4) is 0 Å². The molecule has 0 saturated carbocycles. The number of carbonyl (C=O) groups is 2. The minimum atomic E-state index is -0.385.